The lowest BCUT2D eigenvalue weighted by molar-refractivity contribution is 0.181. The number of aryl methyl sites for hydroxylation is 1. The van der Waals surface area contributed by atoms with Crippen molar-refractivity contribution in [3.63, 3.8) is 0 Å². The van der Waals surface area contributed by atoms with Crippen LogP contribution in [0.15, 0.2) is 54.7 Å². The van der Waals surface area contributed by atoms with E-state index in [1.54, 1.807) is 14.2 Å². The van der Waals surface area contributed by atoms with Crippen LogP contribution < -0.4 is 14.8 Å². The number of nitrogens with zero attached hydrogens (tertiary/aromatic N) is 2. The zero-order chi connectivity index (χ0) is 21.3. The highest BCUT2D eigenvalue weighted by Crippen LogP contribution is 2.37. The van der Waals surface area contributed by atoms with Crippen molar-refractivity contribution in [1.29, 1.82) is 0 Å². The summed E-state index contributed by atoms with van der Waals surface area (Å²) in [5, 5.41) is 3.12. The SMILES string of the molecule is COc1ccc(C2c3cccn3CCN2C(=O)Nc2cccc(C)c2C)cc1OC. The van der Waals surface area contributed by atoms with Gasteiger partial charge in [0.05, 0.1) is 20.3 Å². The Balaban J connectivity index is 1.72. The number of nitrogens with one attached hydrogen (secondary N) is 1. The molecule has 1 unspecified atom stereocenters. The molecule has 0 saturated carbocycles. The number of ether oxygens (including phenoxy) is 2. The molecule has 2 amide bonds. The number of hydrogen-bond acceptors (Lipinski definition) is 3. The lowest BCUT2D eigenvalue weighted by Gasteiger charge is -2.37. The van der Waals surface area contributed by atoms with E-state index in [1.165, 1.54) is 0 Å². The van der Waals surface area contributed by atoms with Crippen LogP contribution in [0.2, 0.25) is 0 Å². The summed E-state index contributed by atoms with van der Waals surface area (Å²) in [6.07, 6.45) is 2.06. The average Bonchev–Trinajstić information content (AvgIpc) is 3.24. The van der Waals surface area contributed by atoms with Crippen molar-refractivity contribution in [2.45, 2.75) is 26.4 Å². The van der Waals surface area contributed by atoms with Gasteiger partial charge in [-0.3, -0.25) is 0 Å². The van der Waals surface area contributed by atoms with E-state index in [1.807, 2.05) is 61.2 Å². The highest BCUT2D eigenvalue weighted by atomic mass is 16.5. The number of rotatable bonds is 4. The highest BCUT2D eigenvalue weighted by Gasteiger charge is 2.33. The summed E-state index contributed by atoms with van der Waals surface area (Å²) in [6.45, 7) is 5.44. The predicted molar refractivity (Wildman–Crippen MR) is 117 cm³/mol. The van der Waals surface area contributed by atoms with Crippen molar-refractivity contribution in [3.05, 3.63) is 77.1 Å². The topological polar surface area (TPSA) is 55.7 Å². The third-order valence-electron chi connectivity index (χ3n) is 5.87. The number of benzene rings is 2. The first kappa shape index (κ1) is 19.9. The van der Waals surface area contributed by atoms with Gasteiger partial charge in [0, 0.05) is 30.7 Å². The number of urea groups is 1. The summed E-state index contributed by atoms with van der Waals surface area (Å²) in [5.74, 6) is 1.31. The Bertz CT molecular complexity index is 1070. The normalized spacial score (nSPS) is 15.5. The molecule has 0 saturated heterocycles. The lowest BCUT2D eigenvalue weighted by atomic mass is 9.99. The summed E-state index contributed by atoms with van der Waals surface area (Å²) in [6, 6.07) is 15.5. The fourth-order valence-corrected chi connectivity index (χ4v) is 4.05. The second-order valence-corrected chi connectivity index (χ2v) is 7.51. The van der Waals surface area contributed by atoms with E-state index in [9.17, 15) is 4.79 Å². The van der Waals surface area contributed by atoms with Gasteiger partial charge in [0.15, 0.2) is 11.5 Å². The second kappa shape index (κ2) is 8.14. The van der Waals surface area contributed by atoms with Crippen molar-refractivity contribution < 1.29 is 14.3 Å². The molecule has 6 heteroatoms. The number of carbonyl (C=O) groups excluding carboxylic acids is 1. The van der Waals surface area contributed by atoms with Crippen molar-refractivity contribution >= 4 is 11.7 Å². The molecule has 0 aliphatic carbocycles. The van der Waals surface area contributed by atoms with E-state index in [0.717, 1.165) is 34.6 Å². The Morgan fingerprint density at radius 2 is 1.80 bits per heavy atom. The van der Waals surface area contributed by atoms with Gasteiger partial charge in [-0.15, -0.1) is 0 Å². The largest absolute Gasteiger partial charge is 0.493 e. The minimum atomic E-state index is -0.223. The van der Waals surface area contributed by atoms with Crippen LogP contribution in [-0.4, -0.2) is 36.3 Å². The zero-order valence-electron chi connectivity index (χ0n) is 17.8. The quantitative estimate of drug-likeness (QED) is 0.681. The van der Waals surface area contributed by atoms with Gasteiger partial charge in [-0.1, -0.05) is 18.2 Å². The smallest absolute Gasteiger partial charge is 0.322 e. The maximum Gasteiger partial charge on any atom is 0.322 e. The van der Waals surface area contributed by atoms with Gasteiger partial charge < -0.3 is 24.3 Å². The number of carbonyl (C=O) groups is 1. The Hall–Kier alpha value is -3.41. The summed E-state index contributed by atoms with van der Waals surface area (Å²) in [5.41, 5.74) is 5.12. The molecule has 0 spiro atoms. The maximum atomic E-state index is 13.4. The number of anilines is 1. The maximum absolute atomic E-state index is 13.4. The molecule has 156 valence electrons. The fourth-order valence-electron chi connectivity index (χ4n) is 4.05. The van der Waals surface area contributed by atoms with Gasteiger partial charge in [0.2, 0.25) is 0 Å². The Morgan fingerprint density at radius 3 is 2.57 bits per heavy atom. The Morgan fingerprint density at radius 1 is 1.00 bits per heavy atom. The first-order valence-corrected chi connectivity index (χ1v) is 10.0. The molecule has 1 aliphatic heterocycles. The molecule has 1 aromatic heterocycles. The van der Waals surface area contributed by atoms with E-state index >= 15 is 0 Å². The molecule has 0 radical (unpaired) electrons. The molecule has 30 heavy (non-hydrogen) atoms. The van der Waals surface area contributed by atoms with Crippen LogP contribution in [0.4, 0.5) is 10.5 Å². The number of fused-ring (bicyclic) bond motifs is 1. The van der Waals surface area contributed by atoms with Crippen molar-refractivity contribution in [2.75, 3.05) is 26.1 Å². The van der Waals surface area contributed by atoms with Crippen LogP contribution in [0.25, 0.3) is 0 Å². The number of methoxy groups -OCH3 is 2. The van der Waals surface area contributed by atoms with Gasteiger partial charge in [-0.05, 0) is 60.9 Å². The predicted octanol–water partition coefficient (Wildman–Crippen LogP) is 4.76. The zero-order valence-corrected chi connectivity index (χ0v) is 17.8. The van der Waals surface area contributed by atoms with Crippen molar-refractivity contribution in [1.82, 2.24) is 9.47 Å². The number of aromatic nitrogens is 1. The minimum absolute atomic E-state index is 0.115. The van der Waals surface area contributed by atoms with E-state index in [4.69, 9.17) is 9.47 Å². The lowest BCUT2D eigenvalue weighted by Crippen LogP contribution is -2.44. The molecule has 6 nitrogen and oxygen atoms in total. The molecular formula is C24H27N3O3. The third-order valence-corrected chi connectivity index (χ3v) is 5.87. The minimum Gasteiger partial charge on any atom is -0.493 e. The molecule has 0 bridgehead atoms. The molecule has 1 N–H and O–H groups in total. The van der Waals surface area contributed by atoms with Crippen LogP contribution in [0, 0.1) is 13.8 Å². The average molecular weight is 405 g/mol. The molecule has 4 rings (SSSR count). The monoisotopic (exact) mass is 405 g/mol. The molecule has 0 fully saturated rings. The Kier molecular flexibility index (Phi) is 5.40. The second-order valence-electron chi connectivity index (χ2n) is 7.51. The van der Waals surface area contributed by atoms with Crippen LogP contribution in [0.3, 0.4) is 0 Å². The van der Waals surface area contributed by atoms with E-state index in [2.05, 4.69) is 22.1 Å². The summed E-state index contributed by atoms with van der Waals surface area (Å²) in [4.78, 5) is 15.3. The van der Waals surface area contributed by atoms with E-state index < -0.39 is 0 Å². The fraction of sp³-hybridized carbons (Fsp3) is 0.292. The first-order valence-electron chi connectivity index (χ1n) is 10.0. The summed E-state index contributed by atoms with van der Waals surface area (Å²) in [7, 11) is 3.24. The molecule has 2 aromatic carbocycles. The molecule has 1 atom stereocenters. The van der Waals surface area contributed by atoms with Crippen LogP contribution >= 0.6 is 0 Å². The van der Waals surface area contributed by atoms with E-state index in [-0.39, 0.29) is 12.1 Å². The highest BCUT2D eigenvalue weighted by molar-refractivity contribution is 5.91. The molecule has 3 aromatic rings. The molecular weight excluding hydrogens is 378 g/mol. The van der Waals surface area contributed by atoms with Gasteiger partial charge in [0.1, 0.15) is 0 Å². The van der Waals surface area contributed by atoms with Gasteiger partial charge in [-0.2, -0.15) is 0 Å². The number of hydrogen-bond donors (Lipinski definition) is 1. The summed E-state index contributed by atoms with van der Waals surface area (Å²) < 4.78 is 13.1. The third kappa shape index (κ3) is 3.49. The van der Waals surface area contributed by atoms with Crippen molar-refractivity contribution in [3.8, 4) is 11.5 Å². The van der Waals surface area contributed by atoms with Gasteiger partial charge >= 0.3 is 6.03 Å². The standard InChI is InChI=1S/C24H27N3O3/c1-16-7-5-8-19(17(16)2)25-24(28)27-14-13-26-12-6-9-20(26)23(27)18-10-11-21(29-3)22(15-18)30-4/h5-12,15,23H,13-14H2,1-4H3,(H,25,28). The van der Waals surface area contributed by atoms with Crippen LogP contribution in [0.5, 0.6) is 11.5 Å². The van der Waals surface area contributed by atoms with E-state index in [0.29, 0.717) is 18.0 Å². The summed E-state index contributed by atoms with van der Waals surface area (Å²) >= 11 is 0. The van der Waals surface area contributed by atoms with Crippen LogP contribution in [0.1, 0.15) is 28.4 Å². The first-order chi connectivity index (χ1) is 14.5. The Labute approximate surface area is 177 Å². The van der Waals surface area contributed by atoms with Gasteiger partial charge in [-0.25, -0.2) is 4.79 Å². The van der Waals surface area contributed by atoms with Crippen LogP contribution in [-0.2, 0) is 6.54 Å². The van der Waals surface area contributed by atoms with Crippen molar-refractivity contribution in [2.24, 2.45) is 0 Å². The molecule has 2 heterocycles. The van der Waals surface area contributed by atoms with Gasteiger partial charge in [0.25, 0.3) is 0 Å². The number of amides is 2. The molecule has 1 aliphatic rings.